The lowest BCUT2D eigenvalue weighted by atomic mass is 10.2. The first-order valence-electron chi connectivity index (χ1n) is 4.38. The zero-order valence-electron chi connectivity index (χ0n) is 8.00. The second-order valence-corrected chi connectivity index (χ2v) is 3.05. The summed E-state index contributed by atoms with van der Waals surface area (Å²) in [7, 11) is 0. The molecule has 1 rings (SSSR count). The van der Waals surface area contributed by atoms with Crippen molar-refractivity contribution in [3.63, 3.8) is 0 Å². The molecule has 4 heteroatoms. The summed E-state index contributed by atoms with van der Waals surface area (Å²) in [5.74, 6) is 0.491. The summed E-state index contributed by atoms with van der Waals surface area (Å²) in [5, 5.41) is 9.50. The van der Waals surface area contributed by atoms with Gasteiger partial charge in [0.05, 0.1) is 11.6 Å². The van der Waals surface area contributed by atoms with E-state index >= 15 is 0 Å². The molecule has 0 aliphatic rings. The van der Waals surface area contributed by atoms with E-state index in [1.807, 2.05) is 6.92 Å². The molecule has 0 bridgehead atoms. The van der Waals surface area contributed by atoms with Gasteiger partial charge >= 0.3 is 0 Å². The average molecular weight is 217 g/mol. The van der Waals surface area contributed by atoms with Crippen LogP contribution in [0.15, 0.2) is 18.2 Å². The number of aliphatic hydroxyl groups is 1. The van der Waals surface area contributed by atoms with Gasteiger partial charge in [-0.3, -0.25) is 0 Å². The number of rotatable bonds is 5. The van der Waals surface area contributed by atoms with E-state index < -0.39 is 0 Å². The molecule has 0 radical (unpaired) electrons. The van der Waals surface area contributed by atoms with Crippen LogP contribution in [0.3, 0.4) is 0 Å². The number of hydrogen-bond donors (Lipinski definition) is 1. The highest BCUT2D eigenvalue weighted by molar-refractivity contribution is 6.32. The van der Waals surface area contributed by atoms with E-state index in [9.17, 15) is 0 Å². The van der Waals surface area contributed by atoms with Gasteiger partial charge in [0.25, 0.3) is 0 Å². The molecule has 0 fully saturated rings. The van der Waals surface area contributed by atoms with E-state index in [2.05, 4.69) is 0 Å². The van der Waals surface area contributed by atoms with Crippen LogP contribution in [0.25, 0.3) is 0 Å². The lowest BCUT2D eigenvalue weighted by Crippen LogP contribution is -2.04. The first-order valence-corrected chi connectivity index (χ1v) is 4.76. The van der Waals surface area contributed by atoms with Crippen molar-refractivity contribution in [2.24, 2.45) is 0 Å². The normalized spacial score (nSPS) is 10.2. The van der Waals surface area contributed by atoms with Crippen molar-refractivity contribution in [1.82, 2.24) is 0 Å². The number of aliphatic hydroxyl groups excluding tert-OH is 1. The first kappa shape index (κ1) is 11.3. The second kappa shape index (κ2) is 5.86. The maximum Gasteiger partial charge on any atom is 0.189 e. The van der Waals surface area contributed by atoms with Crippen LogP contribution in [-0.4, -0.2) is 18.5 Å². The van der Waals surface area contributed by atoms with Gasteiger partial charge in [-0.05, 0) is 13.0 Å². The standard InChI is InChI=1S/C10H13ClO3/c1-2-13-7-14-10-8(6-12)4-3-5-9(10)11/h3-5,12H,2,6-7H2,1H3. The highest BCUT2D eigenvalue weighted by atomic mass is 35.5. The van der Waals surface area contributed by atoms with Gasteiger partial charge in [-0.25, -0.2) is 0 Å². The molecule has 0 unspecified atom stereocenters. The molecule has 3 nitrogen and oxygen atoms in total. The molecule has 0 saturated heterocycles. The molecular weight excluding hydrogens is 204 g/mol. The van der Waals surface area contributed by atoms with Gasteiger partial charge in [0.2, 0.25) is 0 Å². The lowest BCUT2D eigenvalue weighted by Gasteiger charge is -2.11. The van der Waals surface area contributed by atoms with Crippen LogP contribution in [0.5, 0.6) is 5.75 Å². The van der Waals surface area contributed by atoms with E-state index in [0.717, 1.165) is 0 Å². The maximum atomic E-state index is 9.02. The minimum atomic E-state index is -0.0952. The van der Waals surface area contributed by atoms with Crippen LogP contribution in [0.1, 0.15) is 12.5 Å². The summed E-state index contributed by atoms with van der Waals surface area (Å²) in [4.78, 5) is 0. The van der Waals surface area contributed by atoms with Crippen molar-refractivity contribution in [3.05, 3.63) is 28.8 Å². The van der Waals surface area contributed by atoms with Gasteiger partial charge < -0.3 is 14.6 Å². The molecule has 0 heterocycles. The molecular formula is C10H13ClO3. The predicted molar refractivity (Wildman–Crippen MR) is 54.5 cm³/mol. The second-order valence-electron chi connectivity index (χ2n) is 2.64. The molecule has 1 aromatic carbocycles. The fourth-order valence-corrected chi connectivity index (χ4v) is 1.27. The third-order valence-corrected chi connectivity index (χ3v) is 2.01. The van der Waals surface area contributed by atoms with Crippen molar-refractivity contribution >= 4 is 11.6 Å². The van der Waals surface area contributed by atoms with Gasteiger partial charge in [-0.1, -0.05) is 23.7 Å². The number of hydrogen-bond acceptors (Lipinski definition) is 3. The minimum absolute atomic E-state index is 0.0952. The Morgan fingerprint density at radius 2 is 2.21 bits per heavy atom. The minimum Gasteiger partial charge on any atom is -0.466 e. The van der Waals surface area contributed by atoms with Crippen molar-refractivity contribution < 1.29 is 14.6 Å². The smallest absolute Gasteiger partial charge is 0.189 e. The third kappa shape index (κ3) is 2.87. The van der Waals surface area contributed by atoms with Crippen LogP contribution in [-0.2, 0) is 11.3 Å². The highest BCUT2D eigenvalue weighted by Crippen LogP contribution is 2.28. The Hall–Kier alpha value is -0.770. The van der Waals surface area contributed by atoms with Gasteiger partial charge in [-0.15, -0.1) is 0 Å². The largest absolute Gasteiger partial charge is 0.466 e. The summed E-state index contributed by atoms with van der Waals surface area (Å²) in [6.45, 7) is 2.51. The molecule has 0 atom stereocenters. The fraction of sp³-hybridized carbons (Fsp3) is 0.400. The molecule has 0 amide bonds. The van der Waals surface area contributed by atoms with E-state index in [1.165, 1.54) is 0 Å². The lowest BCUT2D eigenvalue weighted by molar-refractivity contribution is 0.0212. The summed E-state index contributed by atoms with van der Waals surface area (Å²) >= 11 is 5.90. The topological polar surface area (TPSA) is 38.7 Å². The summed E-state index contributed by atoms with van der Waals surface area (Å²) in [5.41, 5.74) is 0.664. The van der Waals surface area contributed by atoms with Crippen molar-refractivity contribution in [2.75, 3.05) is 13.4 Å². The Balaban J connectivity index is 2.72. The van der Waals surface area contributed by atoms with Crippen molar-refractivity contribution in [1.29, 1.82) is 0 Å². The van der Waals surface area contributed by atoms with Gasteiger partial charge in [0.15, 0.2) is 6.79 Å². The van der Waals surface area contributed by atoms with E-state index in [0.29, 0.717) is 22.9 Å². The number of halogens is 1. The number of benzene rings is 1. The molecule has 14 heavy (non-hydrogen) atoms. The van der Waals surface area contributed by atoms with Crippen molar-refractivity contribution in [3.8, 4) is 5.75 Å². The Morgan fingerprint density at radius 1 is 1.43 bits per heavy atom. The SMILES string of the molecule is CCOCOc1c(Cl)cccc1CO. The highest BCUT2D eigenvalue weighted by Gasteiger charge is 2.06. The Bertz CT molecular complexity index is 289. The Morgan fingerprint density at radius 3 is 2.86 bits per heavy atom. The van der Waals surface area contributed by atoms with Crippen LogP contribution in [0.4, 0.5) is 0 Å². The van der Waals surface area contributed by atoms with Gasteiger partial charge in [-0.2, -0.15) is 0 Å². The molecule has 0 spiro atoms. The van der Waals surface area contributed by atoms with Crippen LogP contribution >= 0.6 is 11.6 Å². The molecule has 0 aliphatic heterocycles. The van der Waals surface area contributed by atoms with Crippen LogP contribution in [0.2, 0.25) is 5.02 Å². The maximum absolute atomic E-state index is 9.02. The van der Waals surface area contributed by atoms with E-state index in [1.54, 1.807) is 18.2 Å². The first-order chi connectivity index (χ1) is 6.79. The number of para-hydroxylation sites is 1. The van der Waals surface area contributed by atoms with Crippen LogP contribution < -0.4 is 4.74 Å². The average Bonchev–Trinajstić information content (AvgIpc) is 2.20. The van der Waals surface area contributed by atoms with E-state index in [-0.39, 0.29) is 13.4 Å². The summed E-state index contributed by atoms with van der Waals surface area (Å²) in [6, 6.07) is 5.23. The zero-order chi connectivity index (χ0) is 10.4. The summed E-state index contributed by atoms with van der Waals surface area (Å²) < 4.78 is 10.3. The number of ether oxygens (including phenoxy) is 2. The summed E-state index contributed by atoms with van der Waals surface area (Å²) in [6.07, 6.45) is 0. The molecule has 78 valence electrons. The Labute approximate surface area is 88.2 Å². The molecule has 0 aliphatic carbocycles. The quantitative estimate of drug-likeness (QED) is 0.606. The fourth-order valence-electron chi connectivity index (χ4n) is 1.02. The molecule has 1 aromatic rings. The molecule has 0 saturated carbocycles. The van der Waals surface area contributed by atoms with E-state index in [4.69, 9.17) is 26.2 Å². The van der Waals surface area contributed by atoms with Crippen LogP contribution in [0, 0.1) is 0 Å². The predicted octanol–water partition coefficient (Wildman–Crippen LogP) is 2.21. The van der Waals surface area contributed by atoms with Crippen molar-refractivity contribution in [2.45, 2.75) is 13.5 Å². The zero-order valence-corrected chi connectivity index (χ0v) is 8.75. The third-order valence-electron chi connectivity index (χ3n) is 1.71. The van der Waals surface area contributed by atoms with Gasteiger partial charge in [0.1, 0.15) is 5.75 Å². The molecule has 0 aromatic heterocycles. The Kier molecular flexibility index (Phi) is 4.73. The van der Waals surface area contributed by atoms with Gasteiger partial charge in [0, 0.05) is 12.2 Å². The molecule has 1 N–H and O–H groups in total. The monoisotopic (exact) mass is 216 g/mol.